The van der Waals surface area contributed by atoms with Gasteiger partial charge in [0.15, 0.2) is 0 Å². The van der Waals surface area contributed by atoms with Crippen LogP contribution in [0.25, 0.3) is 5.57 Å². The fraction of sp³-hybridized carbons (Fsp3) is 0.500. The highest BCUT2D eigenvalue weighted by atomic mass is 79.9. The van der Waals surface area contributed by atoms with E-state index in [1.165, 1.54) is 0 Å². The number of rotatable bonds is 2. The summed E-state index contributed by atoms with van der Waals surface area (Å²) in [6.45, 7) is 5.35. The van der Waals surface area contributed by atoms with Gasteiger partial charge in [-0.25, -0.2) is 0 Å². The Morgan fingerprint density at radius 3 is 2.42 bits per heavy atom. The molecule has 0 radical (unpaired) electrons. The number of aliphatic hydroxyl groups excluding tert-OH is 1. The molecule has 1 aromatic carbocycles. The number of carbonyl (C=O) groups is 1. The number of aliphatic hydroxyl groups is 1. The topological polar surface area (TPSA) is 53.0 Å². The summed E-state index contributed by atoms with van der Waals surface area (Å²) in [6, 6.07) is 4.01. The fourth-order valence-electron chi connectivity index (χ4n) is 3.92. The van der Waals surface area contributed by atoms with Crippen LogP contribution in [0.15, 0.2) is 22.4 Å². The first-order chi connectivity index (χ1) is 11.3. The van der Waals surface area contributed by atoms with Crippen molar-refractivity contribution in [2.45, 2.75) is 32.2 Å². The molecule has 24 heavy (non-hydrogen) atoms. The van der Waals surface area contributed by atoms with Gasteiger partial charge >= 0.3 is 0 Å². The molecule has 6 heteroatoms. The first-order valence-electron chi connectivity index (χ1n) is 8.10. The van der Waals surface area contributed by atoms with Gasteiger partial charge in [-0.15, -0.1) is 0 Å². The van der Waals surface area contributed by atoms with Crippen molar-refractivity contribution in [1.82, 2.24) is 9.96 Å². The molecule has 2 aliphatic heterocycles. The number of hydroxylamine groups is 2. The summed E-state index contributed by atoms with van der Waals surface area (Å²) in [5.74, 6) is 0.0735. The summed E-state index contributed by atoms with van der Waals surface area (Å²) in [5, 5.41) is 12.9. The Morgan fingerprint density at radius 2 is 1.88 bits per heavy atom. The zero-order valence-corrected chi connectivity index (χ0v) is 16.1. The third kappa shape index (κ3) is 2.48. The first kappa shape index (κ1) is 17.5. The normalized spacial score (nSPS) is 21.2. The van der Waals surface area contributed by atoms with Crippen LogP contribution in [-0.4, -0.2) is 53.8 Å². The third-order valence-corrected chi connectivity index (χ3v) is 5.95. The van der Waals surface area contributed by atoms with Gasteiger partial charge in [-0.1, -0.05) is 22.0 Å². The minimum atomic E-state index is -0.627. The molecular formula is C18H23BrN2O3. The Labute approximate surface area is 151 Å². The molecule has 1 spiro atoms. The molecule has 1 fully saturated rings. The highest BCUT2D eigenvalue weighted by Crippen LogP contribution is 2.46. The maximum atomic E-state index is 13.0. The van der Waals surface area contributed by atoms with E-state index in [-0.39, 0.29) is 11.7 Å². The third-order valence-electron chi connectivity index (χ3n) is 5.33. The minimum absolute atomic E-state index is 0.119. The van der Waals surface area contributed by atoms with Gasteiger partial charge in [-0.2, -0.15) is 5.06 Å². The molecule has 130 valence electrons. The van der Waals surface area contributed by atoms with E-state index in [0.29, 0.717) is 31.5 Å². The number of nitrogens with zero attached hydrogens (tertiary/aromatic N) is 2. The number of piperidine rings is 1. The molecule has 1 aromatic rings. The van der Waals surface area contributed by atoms with Gasteiger partial charge in [0.1, 0.15) is 11.3 Å². The summed E-state index contributed by atoms with van der Waals surface area (Å²) in [7, 11) is 3.43. The van der Waals surface area contributed by atoms with Crippen molar-refractivity contribution in [2.24, 2.45) is 0 Å². The second kappa shape index (κ2) is 6.17. The first-order valence-corrected chi connectivity index (χ1v) is 8.89. The lowest BCUT2D eigenvalue weighted by Crippen LogP contribution is -2.53. The molecule has 3 rings (SSSR count). The van der Waals surface area contributed by atoms with Gasteiger partial charge in [0, 0.05) is 30.2 Å². The van der Waals surface area contributed by atoms with E-state index < -0.39 is 5.54 Å². The van der Waals surface area contributed by atoms with Crippen LogP contribution in [0.4, 0.5) is 0 Å². The Hall–Kier alpha value is -1.37. The molecule has 0 saturated carbocycles. The van der Waals surface area contributed by atoms with Crippen LogP contribution in [0.3, 0.4) is 0 Å². The number of likely N-dealkylation sites (N-methyl/N-ethyl adjacent to an activating group) is 1. The number of aryl methyl sites for hydroxylation is 2. The standard InChI is InChI=1S/C18H23BrN2O3/c1-11-9-12(2)14(13(19)10-11)15-16(22)18(20(3)17(15)23)5-7-21(24-4)8-6-18/h9-10,22H,5-8H2,1-4H3. The molecule has 0 aromatic heterocycles. The van der Waals surface area contributed by atoms with Crippen LogP contribution in [0.2, 0.25) is 0 Å². The molecule has 0 atom stereocenters. The van der Waals surface area contributed by atoms with E-state index in [9.17, 15) is 9.90 Å². The van der Waals surface area contributed by atoms with Gasteiger partial charge in [-0.3, -0.25) is 4.79 Å². The second-order valence-corrected chi connectivity index (χ2v) is 7.52. The van der Waals surface area contributed by atoms with E-state index >= 15 is 0 Å². The van der Waals surface area contributed by atoms with Crippen LogP contribution in [0.5, 0.6) is 0 Å². The van der Waals surface area contributed by atoms with E-state index in [1.54, 1.807) is 19.1 Å². The Kier molecular flexibility index (Phi) is 4.49. The lowest BCUT2D eigenvalue weighted by Gasteiger charge is -2.42. The van der Waals surface area contributed by atoms with Crippen molar-refractivity contribution in [1.29, 1.82) is 0 Å². The van der Waals surface area contributed by atoms with Gasteiger partial charge in [0.25, 0.3) is 5.91 Å². The van der Waals surface area contributed by atoms with E-state index in [0.717, 1.165) is 21.2 Å². The quantitative estimate of drug-likeness (QED) is 0.836. The van der Waals surface area contributed by atoms with Gasteiger partial charge in [0.05, 0.1) is 12.7 Å². The average Bonchev–Trinajstić information content (AvgIpc) is 2.71. The number of carbonyl (C=O) groups excluding carboxylic acids is 1. The molecule has 0 unspecified atom stereocenters. The summed E-state index contributed by atoms with van der Waals surface area (Å²) >= 11 is 3.57. The maximum absolute atomic E-state index is 13.0. The van der Waals surface area contributed by atoms with E-state index in [2.05, 4.69) is 15.9 Å². The molecule has 2 aliphatic rings. The average molecular weight is 395 g/mol. The number of amides is 1. The summed E-state index contributed by atoms with van der Waals surface area (Å²) in [5.41, 5.74) is 2.69. The summed E-state index contributed by atoms with van der Waals surface area (Å²) in [6.07, 6.45) is 1.31. The zero-order chi connectivity index (χ0) is 17.6. The van der Waals surface area contributed by atoms with E-state index in [4.69, 9.17) is 4.84 Å². The van der Waals surface area contributed by atoms with Crippen molar-refractivity contribution in [3.8, 4) is 0 Å². The van der Waals surface area contributed by atoms with Crippen molar-refractivity contribution in [2.75, 3.05) is 27.2 Å². The molecule has 1 N–H and O–H groups in total. The molecule has 0 bridgehead atoms. The maximum Gasteiger partial charge on any atom is 0.258 e. The van der Waals surface area contributed by atoms with Gasteiger partial charge in [0.2, 0.25) is 0 Å². The van der Waals surface area contributed by atoms with Crippen molar-refractivity contribution >= 4 is 27.4 Å². The summed E-state index contributed by atoms with van der Waals surface area (Å²) < 4.78 is 0.842. The largest absolute Gasteiger partial charge is 0.509 e. The summed E-state index contributed by atoms with van der Waals surface area (Å²) in [4.78, 5) is 20.0. The number of halogens is 1. The predicted molar refractivity (Wildman–Crippen MR) is 96.5 cm³/mol. The number of benzene rings is 1. The molecule has 0 aliphatic carbocycles. The number of hydrogen-bond acceptors (Lipinski definition) is 4. The Bertz CT molecular complexity index is 698. The SMILES string of the molecule is CON1CCC2(CC1)C(O)=C(c1c(C)cc(C)cc1Br)C(=O)N2C. The van der Waals surface area contributed by atoms with Crippen LogP contribution in [-0.2, 0) is 9.63 Å². The number of hydrogen-bond donors (Lipinski definition) is 1. The highest BCUT2D eigenvalue weighted by Gasteiger charge is 2.52. The lowest BCUT2D eigenvalue weighted by molar-refractivity contribution is -0.162. The lowest BCUT2D eigenvalue weighted by atomic mass is 9.85. The van der Waals surface area contributed by atoms with Crippen molar-refractivity contribution < 1.29 is 14.7 Å². The highest BCUT2D eigenvalue weighted by molar-refractivity contribution is 9.10. The predicted octanol–water partition coefficient (Wildman–Crippen LogP) is 3.20. The van der Waals surface area contributed by atoms with Crippen molar-refractivity contribution in [3.63, 3.8) is 0 Å². The van der Waals surface area contributed by atoms with Gasteiger partial charge in [-0.05, 0) is 43.9 Å². The van der Waals surface area contributed by atoms with Crippen molar-refractivity contribution in [3.05, 3.63) is 39.1 Å². The van der Waals surface area contributed by atoms with Crippen LogP contribution in [0.1, 0.15) is 29.5 Å². The zero-order valence-electron chi connectivity index (χ0n) is 14.5. The smallest absolute Gasteiger partial charge is 0.258 e. The second-order valence-electron chi connectivity index (χ2n) is 6.67. The van der Waals surface area contributed by atoms with Crippen LogP contribution < -0.4 is 0 Å². The van der Waals surface area contributed by atoms with Crippen LogP contribution in [0, 0.1) is 13.8 Å². The minimum Gasteiger partial charge on any atom is -0.509 e. The van der Waals surface area contributed by atoms with Gasteiger partial charge < -0.3 is 14.8 Å². The monoisotopic (exact) mass is 394 g/mol. The van der Waals surface area contributed by atoms with E-state index in [1.807, 2.05) is 31.0 Å². The van der Waals surface area contributed by atoms with Crippen LogP contribution >= 0.6 is 15.9 Å². The Balaban J connectivity index is 2.10. The molecule has 5 nitrogen and oxygen atoms in total. The molecule has 1 saturated heterocycles. The fourth-order valence-corrected chi connectivity index (χ4v) is 4.80. The molecule has 1 amide bonds. The Morgan fingerprint density at radius 1 is 1.25 bits per heavy atom. The molecular weight excluding hydrogens is 372 g/mol. The molecule has 2 heterocycles.